The lowest BCUT2D eigenvalue weighted by molar-refractivity contribution is -0.128. The molecule has 0 radical (unpaired) electrons. The van der Waals surface area contributed by atoms with Crippen molar-refractivity contribution < 1.29 is 28.6 Å². The minimum Gasteiger partial charge on any atom is -0.478 e. The average Bonchev–Trinajstić information content (AvgIpc) is 3.25. The van der Waals surface area contributed by atoms with Crippen LogP contribution in [0, 0.1) is 17.6 Å². The van der Waals surface area contributed by atoms with Crippen LogP contribution in [0.2, 0.25) is 0 Å². The van der Waals surface area contributed by atoms with Crippen LogP contribution in [0.25, 0.3) is 6.08 Å². The average molecular weight is 526 g/mol. The third kappa shape index (κ3) is 5.59. The van der Waals surface area contributed by atoms with Gasteiger partial charge in [0, 0.05) is 49.4 Å². The SMILES string of the molecule is O=C(O)c1ccc2c(c1)C1(CCN(CC(O)C3CCN(C(=O)/C=C/c4cc(F)cc(F)c4)CC3)CC1)CN2. The molecule has 0 saturated carbocycles. The Kier molecular flexibility index (Phi) is 7.49. The van der Waals surface area contributed by atoms with Gasteiger partial charge in [-0.15, -0.1) is 0 Å². The molecule has 0 aromatic heterocycles. The van der Waals surface area contributed by atoms with Crippen molar-refractivity contribution in [3.63, 3.8) is 0 Å². The Morgan fingerprint density at radius 1 is 1.05 bits per heavy atom. The van der Waals surface area contributed by atoms with Gasteiger partial charge in [-0.1, -0.05) is 0 Å². The monoisotopic (exact) mass is 525 g/mol. The number of rotatable bonds is 6. The van der Waals surface area contributed by atoms with Crippen LogP contribution in [-0.4, -0.2) is 77.3 Å². The maximum absolute atomic E-state index is 13.4. The van der Waals surface area contributed by atoms with Gasteiger partial charge in [0.15, 0.2) is 0 Å². The Balaban J connectivity index is 1.10. The summed E-state index contributed by atoms with van der Waals surface area (Å²) >= 11 is 0. The van der Waals surface area contributed by atoms with Crippen LogP contribution in [0.3, 0.4) is 0 Å². The number of anilines is 1. The van der Waals surface area contributed by atoms with E-state index in [4.69, 9.17) is 0 Å². The molecule has 0 bridgehead atoms. The fourth-order valence-electron chi connectivity index (χ4n) is 6.10. The highest BCUT2D eigenvalue weighted by atomic mass is 19.1. The number of aliphatic hydroxyl groups excluding tert-OH is 1. The van der Waals surface area contributed by atoms with Gasteiger partial charge in [-0.3, -0.25) is 4.79 Å². The van der Waals surface area contributed by atoms with Crippen molar-refractivity contribution in [2.24, 2.45) is 5.92 Å². The highest BCUT2D eigenvalue weighted by Crippen LogP contribution is 2.44. The predicted octanol–water partition coefficient (Wildman–Crippen LogP) is 3.74. The molecule has 0 aliphatic carbocycles. The summed E-state index contributed by atoms with van der Waals surface area (Å²) in [7, 11) is 0. The summed E-state index contributed by atoms with van der Waals surface area (Å²) in [6.45, 7) is 4.10. The number of nitrogens with one attached hydrogen (secondary N) is 1. The molecule has 2 aromatic carbocycles. The van der Waals surface area contributed by atoms with E-state index < -0.39 is 23.7 Å². The van der Waals surface area contributed by atoms with E-state index in [1.54, 1.807) is 11.0 Å². The van der Waals surface area contributed by atoms with Gasteiger partial charge < -0.3 is 25.3 Å². The van der Waals surface area contributed by atoms with Crippen molar-refractivity contribution in [1.29, 1.82) is 0 Å². The van der Waals surface area contributed by atoms with E-state index in [1.807, 2.05) is 12.1 Å². The molecule has 2 saturated heterocycles. The van der Waals surface area contributed by atoms with Crippen LogP contribution in [0.15, 0.2) is 42.5 Å². The predicted molar refractivity (Wildman–Crippen MR) is 140 cm³/mol. The minimum atomic E-state index is -0.916. The molecule has 3 heterocycles. The van der Waals surface area contributed by atoms with E-state index >= 15 is 0 Å². The summed E-state index contributed by atoms with van der Waals surface area (Å²) in [4.78, 5) is 28.0. The molecule has 3 aliphatic heterocycles. The molecule has 3 aliphatic rings. The third-order valence-electron chi connectivity index (χ3n) is 8.41. The molecule has 38 heavy (non-hydrogen) atoms. The van der Waals surface area contributed by atoms with E-state index in [2.05, 4.69) is 10.2 Å². The zero-order chi connectivity index (χ0) is 26.9. The number of aliphatic hydroxyl groups is 1. The van der Waals surface area contributed by atoms with E-state index in [1.165, 1.54) is 24.3 Å². The molecule has 1 atom stereocenters. The highest BCUT2D eigenvalue weighted by molar-refractivity contribution is 5.92. The number of carboxylic acids is 1. The van der Waals surface area contributed by atoms with Crippen LogP contribution in [-0.2, 0) is 10.2 Å². The van der Waals surface area contributed by atoms with Gasteiger partial charge in [0.05, 0.1) is 11.7 Å². The number of carboxylic acid groups (broad SMARTS) is 1. The second-order valence-corrected chi connectivity index (χ2v) is 10.8. The van der Waals surface area contributed by atoms with E-state index in [9.17, 15) is 28.6 Å². The Morgan fingerprint density at radius 2 is 1.74 bits per heavy atom. The lowest BCUT2D eigenvalue weighted by Gasteiger charge is -2.41. The molecule has 1 spiro atoms. The number of piperidine rings is 2. The molecule has 5 rings (SSSR count). The Bertz CT molecular complexity index is 1210. The number of hydrogen-bond acceptors (Lipinski definition) is 5. The van der Waals surface area contributed by atoms with E-state index in [-0.39, 0.29) is 17.2 Å². The number of benzene rings is 2. The van der Waals surface area contributed by atoms with Crippen LogP contribution in [0.4, 0.5) is 14.5 Å². The van der Waals surface area contributed by atoms with Crippen molar-refractivity contribution >= 4 is 23.6 Å². The molecule has 1 amide bonds. The standard InChI is InChI=1S/C29H33F2N3O4/c30-22-13-19(14-23(31)16-22)1-4-27(36)34-9-5-20(6-10-34)26(35)17-33-11-7-29(8-12-33)18-32-25-3-2-21(28(37)38)15-24(25)29/h1-4,13-16,20,26,32,35H,5-12,17-18H2,(H,37,38)/b4-1+. The number of carbonyl (C=O) groups excluding carboxylic acids is 1. The molecular weight excluding hydrogens is 492 g/mol. The van der Waals surface area contributed by atoms with Gasteiger partial charge in [-0.05, 0) is 92.2 Å². The number of likely N-dealkylation sites (tertiary alicyclic amines) is 2. The Labute approximate surface area is 220 Å². The van der Waals surface area contributed by atoms with Crippen molar-refractivity contribution in [1.82, 2.24) is 9.80 Å². The Morgan fingerprint density at radius 3 is 2.39 bits per heavy atom. The molecule has 9 heteroatoms. The first-order valence-corrected chi connectivity index (χ1v) is 13.2. The van der Waals surface area contributed by atoms with Crippen molar-refractivity contribution in [3.05, 3.63) is 70.8 Å². The summed E-state index contributed by atoms with van der Waals surface area (Å²) in [5, 5.41) is 23.8. The maximum Gasteiger partial charge on any atom is 0.335 e. The molecule has 3 N–H and O–H groups in total. The van der Waals surface area contributed by atoms with E-state index in [0.29, 0.717) is 43.6 Å². The number of β-amino-alcohol motifs (C(OH)–C–C–N with tert-alkyl or cyclic N) is 1. The second-order valence-electron chi connectivity index (χ2n) is 10.8. The van der Waals surface area contributed by atoms with Crippen LogP contribution in [0.5, 0.6) is 0 Å². The fourth-order valence-corrected chi connectivity index (χ4v) is 6.10. The number of fused-ring (bicyclic) bond motifs is 2. The van der Waals surface area contributed by atoms with Crippen molar-refractivity contribution in [2.75, 3.05) is 44.6 Å². The number of amides is 1. The number of carbonyl (C=O) groups is 2. The number of nitrogens with zero attached hydrogens (tertiary/aromatic N) is 2. The minimum absolute atomic E-state index is 0.0707. The van der Waals surface area contributed by atoms with E-state index in [0.717, 1.165) is 49.8 Å². The summed E-state index contributed by atoms with van der Waals surface area (Å²) in [6.07, 6.45) is 5.46. The van der Waals surface area contributed by atoms with Gasteiger partial charge in [-0.25, -0.2) is 13.6 Å². The molecule has 1 unspecified atom stereocenters. The molecular formula is C29H33F2N3O4. The fraction of sp³-hybridized carbons (Fsp3) is 0.448. The first-order chi connectivity index (χ1) is 18.2. The zero-order valence-corrected chi connectivity index (χ0v) is 21.2. The second kappa shape index (κ2) is 10.8. The van der Waals surface area contributed by atoms with Crippen LogP contribution in [0.1, 0.15) is 47.2 Å². The van der Waals surface area contributed by atoms with Crippen molar-refractivity contribution in [2.45, 2.75) is 37.2 Å². The van der Waals surface area contributed by atoms with Gasteiger partial charge >= 0.3 is 5.97 Å². The molecule has 2 aromatic rings. The molecule has 2 fully saturated rings. The number of aromatic carboxylic acids is 1. The third-order valence-corrected chi connectivity index (χ3v) is 8.41. The first kappa shape index (κ1) is 26.3. The highest BCUT2D eigenvalue weighted by Gasteiger charge is 2.42. The van der Waals surface area contributed by atoms with Crippen molar-refractivity contribution in [3.8, 4) is 0 Å². The van der Waals surface area contributed by atoms with Gasteiger partial charge in [-0.2, -0.15) is 0 Å². The van der Waals surface area contributed by atoms with Gasteiger partial charge in [0.1, 0.15) is 11.6 Å². The lowest BCUT2D eigenvalue weighted by atomic mass is 9.74. The Hall–Kier alpha value is -3.30. The molecule has 7 nitrogen and oxygen atoms in total. The smallest absolute Gasteiger partial charge is 0.335 e. The largest absolute Gasteiger partial charge is 0.478 e. The zero-order valence-electron chi connectivity index (χ0n) is 21.2. The number of hydrogen-bond donors (Lipinski definition) is 3. The van der Waals surface area contributed by atoms with Crippen LogP contribution < -0.4 is 5.32 Å². The van der Waals surface area contributed by atoms with Gasteiger partial charge in [0.25, 0.3) is 0 Å². The topological polar surface area (TPSA) is 93.1 Å². The summed E-state index contributed by atoms with van der Waals surface area (Å²) in [6, 6.07) is 8.44. The van der Waals surface area contributed by atoms with Gasteiger partial charge in [0.2, 0.25) is 5.91 Å². The summed E-state index contributed by atoms with van der Waals surface area (Å²) < 4.78 is 26.7. The quantitative estimate of drug-likeness (QED) is 0.498. The number of halogens is 2. The van der Waals surface area contributed by atoms with Crippen LogP contribution >= 0.6 is 0 Å². The lowest BCUT2D eigenvalue weighted by Crippen LogP contribution is -2.48. The maximum atomic E-state index is 13.4. The first-order valence-electron chi connectivity index (χ1n) is 13.2. The molecule has 202 valence electrons. The summed E-state index contributed by atoms with van der Waals surface area (Å²) in [5.41, 5.74) is 2.64. The summed E-state index contributed by atoms with van der Waals surface area (Å²) in [5.74, 6) is -2.40. The normalized spacial score (nSPS) is 20.4.